The highest BCUT2D eigenvalue weighted by Gasteiger charge is 2.14. The van der Waals surface area contributed by atoms with Gasteiger partial charge in [0.25, 0.3) is 5.91 Å². The SMILES string of the molecule is CN=C(NCc1ccc(C(=O)NC)cc1)NC(C)Cc1c(C)nn(C)c1C.I. The fourth-order valence-corrected chi connectivity index (χ4v) is 3.00. The molecule has 1 heterocycles. The van der Waals surface area contributed by atoms with E-state index < -0.39 is 0 Å². The lowest BCUT2D eigenvalue weighted by Gasteiger charge is -2.18. The lowest BCUT2D eigenvalue weighted by molar-refractivity contribution is 0.0963. The maximum Gasteiger partial charge on any atom is 0.251 e. The molecule has 1 amide bonds. The highest BCUT2D eigenvalue weighted by atomic mass is 127. The van der Waals surface area contributed by atoms with Crippen LogP contribution in [-0.4, -0.2) is 41.8 Å². The normalized spacial score (nSPS) is 12.1. The first kappa shape index (κ1) is 23.9. The van der Waals surface area contributed by atoms with Crippen molar-refractivity contribution < 1.29 is 4.79 Å². The van der Waals surface area contributed by atoms with E-state index in [4.69, 9.17) is 0 Å². The molecule has 0 aliphatic carbocycles. The summed E-state index contributed by atoms with van der Waals surface area (Å²) in [5.41, 5.74) is 5.28. The standard InChI is InChI=1S/C20H30N6O.HI/c1-13(11-18-14(2)25-26(6)15(18)3)24-20(22-5)23-12-16-7-9-17(10-8-16)19(27)21-4;/h7-10,13H,11-12H2,1-6H3,(H,21,27)(H2,22,23,24);1H. The van der Waals surface area contributed by atoms with Gasteiger partial charge in [0.2, 0.25) is 0 Å². The molecule has 0 saturated carbocycles. The zero-order valence-electron chi connectivity index (χ0n) is 17.5. The van der Waals surface area contributed by atoms with Crippen LogP contribution in [0.3, 0.4) is 0 Å². The molecule has 8 heteroatoms. The first-order valence-corrected chi connectivity index (χ1v) is 9.13. The number of carbonyl (C=O) groups is 1. The molecule has 3 N–H and O–H groups in total. The number of nitrogens with one attached hydrogen (secondary N) is 3. The average Bonchev–Trinajstić information content (AvgIpc) is 2.90. The van der Waals surface area contributed by atoms with Gasteiger partial charge in [-0.25, -0.2) is 0 Å². The molecule has 0 fully saturated rings. The second kappa shape index (κ2) is 11.0. The summed E-state index contributed by atoms with van der Waals surface area (Å²) in [4.78, 5) is 15.9. The number of aliphatic imine (C=N–C) groups is 1. The quantitative estimate of drug-likeness (QED) is 0.325. The van der Waals surface area contributed by atoms with Crippen LogP contribution in [0, 0.1) is 13.8 Å². The van der Waals surface area contributed by atoms with Crippen LogP contribution in [0.4, 0.5) is 0 Å². The molecule has 0 aliphatic rings. The molecule has 0 spiro atoms. The predicted molar refractivity (Wildman–Crippen MR) is 124 cm³/mol. The van der Waals surface area contributed by atoms with Gasteiger partial charge in [0.05, 0.1) is 5.69 Å². The third kappa shape index (κ3) is 6.22. The first-order valence-electron chi connectivity index (χ1n) is 9.13. The zero-order valence-corrected chi connectivity index (χ0v) is 19.8. The minimum absolute atomic E-state index is 0. The number of nitrogens with zero attached hydrogens (tertiary/aromatic N) is 3. The number of hydrogen-bond acceptors (Lipinski definition) is 3. The van der Waals surface area contributed by atoms with Crippen molar-refractivity contribution >= 4 is 35.8 Å². The van der Waals surface area contributed by atoms with Gasteiger partial charge in [-0.3, -0.25) is 14.5 Å². The summed E-state index contributed by atoms with van der Waals surface area (Å²) in [5, 5.41) is 13.8. The van der Waals surface area contributed by atoms with Crippen LogP contribution >= 0.6 is 24.0 Å². The van der Waals surface area contributed by atoms with E-state index in [2.05, 4.69) is 39.9 Å². The Balaban J connectivity index is 0.00000392. The maximum absolute atomic E-state index is 11.6. The third-order valence-corrected chi connectivity index (χ3v) is 4.68. The summed E-state index contributed by atoms with van der Waals surface area (Å²) in [6, 6.07) is 7.74. The molecule has 1 atom stereocenters. The van der Waals surface area contributed by atoms with Gasteiger partial charge in [0, 0.05) is 45.0 Å². The molecule has 1 aromatic heterocycles. The van der Waals surface area contributed by atoms with Crippen LogP contribution < -0.4 is 16.0 Å². The summed E-state index contributed by atoms with van der Waals surface area (Å²) in [6.45, 7) is 6.91. The van der Waals surface area contributed by atoms with Gasteiger partial charge in [-0.05, 0) is 50.5 Å². The molecular weight excluding hydrogens is 467 g/mol. The molecule has 2 aromatic rings. The Kier molecular flexibility index (Phi) is 9.44. The molecule has 0 aliphatic heterocycles. The monoisotopic (exact) mass is 498 g/mol. The molecule has 2 rings (SSSR count). The molecular formula is C20H31IN6O. The molecule has 154 valence electrons. The van der Waals surface area contributed by atoms with Crippen molar-refractivity contribution in [1.29, 1.82) is 0 Å². The number of benzene rings is 1. The van der Waals surface area contributed by atoms with Gasteiger partial charge in [-0.15, -0.1) is 24.0 Å². The summed E-state index contributed by atoms with van der Waals surface area (Å²) >= 11 is 0. The van der Waals surface area contributed by atoms with E-state index in [0.29, 0.717) is 12.1 Å². The highest BCUT2D eigenvalue weighted by molar-refractivity contribution is 14.0. The van der Waals surface area contributed by atoms with Crippen LogP contribution in [0.1, 0.15) is 39.8 Å². The van der Waals surface area contributed by atoms with Gasteiger partial charge in [-0.1, -0.05) is 12.1 Å². The number of halogens is 1. The van der Waals surface area contributed by atoms with Crippen molar-refractivity contribution in [2.75, 3.05) is 14.1 Å². The fraction of sp³-hybridized carbons (Fsp3) is 0.450. The Bertz CT molecular complexity index is 813. The number of hydrogen-bond donors (Lipinski definition) is 3. The third-order valence-electron chi connectivity index (χ3n) is 4.68. The van der Waals surface area contributed by atoms with E-state index in [9.17, 15) is 4.79 Å². The highest BCUT2D eigenvalue weighted by Crippen LogP contribution is 2.14. The van der Waals surface area contributed by atoms with Crippen molar-refractivity contribution in [3.05, 3.63) is 52.3 Å². The molecule has 1 unspecified atom stereocenters. The molecule has 0 radical (unpaired) electrons. The number of aryl methyl sites for hydroxylation is 2. The van der Waals surface area contributed by atoms with Crippen molar-refractivity contribution in [3.8, 4) is 0 Å². The smallest absolute Gasteiger partial charge is 0.251 e. The van der Waals surface area contributed by atoms with Crippen LogP contribution in [-0.2, 0) is 20.0 Å². The fourth-order valence-electron chi connectivity index (χ4n) is 3.00. The molecule has 7 nitrogen and oxygen atoms in total. The number of aromatic nitrogens is 2. The van der Waals surface area contributed by atoms with Crippen LogP contribution in [0.15, 0.2) is 29.3 Å². The van der Waals surface area contributed by atoms with Crippen LogP contribution in [0.2, 0.25) is 0 Å². The molecule has 0 bridgehead atoms. The van der Waals surface area contributed by atoms with Gasteiger partial charge >= 0.3 is 0 Å². The Morgan fingerprint density at radius 1 is 1.25 bits per heavy atom. The Hall–Kier alpha value is -2.10. The van der Waals surface area contributed by atoms with E-state index >= 15 is 0 Å². The van der Waals surface area contributed by atoms with E-state index in [1.807, 2.05) is 42.9 Å². The summed E-state index contributed by atoms with van der Waals surface area (Å²) in [6.07, 6.45) is 0.882. The van der Waals surface area contributed by atoms with E-state index in [-0.39, 0.29) is 35.9 Å². The van der Waals surface area contributed by atoms with Gasteiger partial charge < -0.3 is 16.0 Å². The van der Waals surface area contributed by atoms with Crippen molar-refractivity contribution in [1.82, 2.24) is 25.7 Å². The average molecular weight is 498 g/mol. The lowest BCUT2D eigenvalue weighted by Crippen LogP contribution is -2.42. The van der Waals surface area contributed by atoms with Gasteiger partial charge in [-0.2, -0.15) is 5.10 Å². The van der Waals surface area contributed by atoms with E-state index in [1.54, 1.807) is 14.1 Å². The number of guanidine groups is 1. The minimum Gasteiger partial charge on any atom is -0.355 e. The predicted octanol–water partition coefficient (Wildman–Crippen LogP) is 2.31. The Labute approximate surface area is 184 Å². The second-order valence-corrected chi connectivity index (χ2v) is 6.72. The van der Waals surface area contributed by atoms with Crippen molar-refractivity contribution in [3.63, 3.8) is 0 Å². The maximum atomic E-state index is 11.6. The largest absolute Gasteiger partial charge is 0.355 e. The lowest BCUT2D eigenvalue weighted by atomic mass is 10.1. The topological polar surface area (TPSA) is 83.3 Å². The summed E-state index contributed by atoms with van der Waals surface area (Å²) in [7, 11) is 5.36. The Morgan fingerprint density at radius 2 is 1.89 bits per heavy atom. The summed E-state index contributed by atoms with van der Waals surface area (Å²) in [5.74, 6) is 0.666. The molecule has 0 saturated heterocycles. The molecule has 28 heavy (non-hydrogen) atoms. The second-order valence-electron chi connectivity index (χ2n) is 6.72. The Morgan fingerprint density at radius 3 is 2.39 bits per heavy atom. The van der Waals surface area contributed by atoms with Crippen molar-refractivity contribution in [2.45, 2.75) is 39.8 Å². The van der Waals surface area contributed by atoms with Crippen molar-refractivity contribution in [2.24, 2.45) is 12.0 Å². The number of carbonyl (C=O) groups excluding carboxylic acids is 1. The van der Waals surface area contributed by atoms with Crippen LogP contribution in [0.25, 0.3) is 0 Å². The number of rotatable bonds is 6. The van der Waals surface area contributed by atoms with Gasteiger partial charge in [0.15, 0.2) is 5.96 Å². The molecule has 1 aromatic carbocycles. The van der Waals surface area contributed by atoms with Crippen LogP contribution in [0.5, 0.6) is 0 Å². The van der Waals surface area contributed by atoms with E-state index in [1.165, 1.54) is 11.3 Å². The number of amides is 1. The van der Waals surface area contributed by atoms with E-state index in [0.717, 1.165) is 23.6 Å². The van der Waals surface area contributed by atoms with Gasteiger partial charge in [0.1, 0.15) is 0 Å². The zero-order chi connectivity index (χ0) is 20.0. The summed E-state index contributed by atoms with van der Waals surface area (Å²) < 4.78 is 1.92. The minimum atomic E-state index is -0.0817. The first-order chi connectivity index (χ1) is 12.8.